The van der Waals surface area contributed by atoms with Crippen molar-refractivity contribution in [2.75, 3.05) is 11.9 Å². The van der Waals surface area contributed by atoms with E-state index >= 15 is 0 Å². The molecule has 35 heavy (non-hydrogen) atoms. The van der Waals surface area contributed by atoms with Crippen LogP contribution in [0, 0.1) is 6.92 Å². The first kappa shape index (κ1) is 24.1. The summed E-state index contributed by atoms with van der Waals surface area (Å²) in [5.74, 6) is 0.467. The SMILES string of the molecule is Cc1ccc(-c2ccn3c(-c4cc(NC(=O)NCC(F)(F)F)cc(OC(C)C)c4)cnc3c2)cc1. The Morgan fingerprint density at radius 3 is 2.46 bits per heavy atom. The van der Waals surface area contributed by atoms with Crippen molar-refractivity contribution in [3.63, 3.8) is 0 Å². The number of fused-ring (bicyclic) bond motifs is 1. The van der Waals surface area contributed by atoms with Gasteiger partial charge in [-0.3, -0.25) is 4.40 Å². The van der Waals surface area contributed by atoms with Crippen LogP contribution in [0.3, 0.4) is 0 Å². The third-order valence-corrected chi connectivity index (χ3v) is 5.18. The van der Waals surface area contributed by atoms with Crippen LogP contribution in [0.4, 0.5) is 23.7 Å². The number of amides is 2. The summed E-state index contributed by atoms with van der Waals surface area (Å²) in [6, 6.07) is 16.2. The lowest BCUT2D eigenvalue weighted by molar-refractivity contribution is -0.122. The van der Waals surface area contributed by atoms with Gasteiger partial charge in [0.1, 0.15) is 17.9 Å². The van der Waals surface area contributed by atoms with Crippen LogP contribution < -0.4 is 15.4 Å². The normalized spacial score (nSPS) is 11.6. The molecule has 0 fully saturated rings. The second-order valence-electron chi connectivity index (χ2n) is 8.49. The molecule has 0 bridgehead atoms. The summed E-state index contributed by atoms with van der Waals surface area (Å²) in [5.41, 5.74) is 5.72. The Bertz CT molecular complexity index is 1350. The molecular weight excluding hydrogens is 457 g/mol. The van der Waals surface area contributed by atoms with Gasteiger partial charge in [0.05, 0.1) is 18.0 Å². The van der Waals surface area contributed by atoms with Gasteiger partial charge in [-0.25, -0.2) is 9.78 Å². The highest BCUT2D eigenvalue weighted by Gasteiger charge is 2.27. The van der Waals surface area contributed by atoms with Crippen molar-refractivity contribution < 1.29 is 22.7 Å². The van der Waals surface area contributed by atoms with E-state index in [9.17, 15) is 18.0 Å². The van der Waals surface area contributed by atoms with E-state index in [-0.39, 0.29) is 6.10 Å². The van der Waals surface area contributed by atoms with Crippen molar-refractivity contribution in [3.8, 4) is 28.1 Å². The average molecular weight is 483 g/mol. The maximum atomic E-state index is 12.4. The molecule has 0 aliphatic rings. The molecule has 6 nitrogen and oxygen atoms in total. The fraction of sp³-hybridized carbons (Fsp3) is 0.231. The summed E-state index contributed by atoms with van der Waals surface area (Å²) >= 11 is 0. The number of ether oxygens (including phenoxy) is 1. The number of urea groups is 1. The predicted molar refractivity (Wildman–Crippen MR) is 130 cm³/mol. The van der Waals surface area contributed by atoms with Crippen LogP contribution >= 0.6 is 0 Å². The summed E-state index contributed by atoms with van der Waals surface area (Å²) in [7, 11) is 0. The van der Waals surface area contributed by atoms with Crippen molar-refractivity contribution in [2.24, 2.45) is 0 Å². The summed E-state index contributed by atoms with van der Waals surface area (Å²) < 4.78 is 45.0. The Labute approximate surface area is 200 Å². The van der Waals surface area contributed by atoms with E-state index in [1.54, 1.807) is 29.7 Å². The van der Waals surface area contributed by atoms with Crippen molar-refractivity contribution in [3.05, 3.63) is 72.6 Å². The van der Waals surface area contributed by atoms with Crippen LogP contribution in [-0.2, 0) is 0 Å². The number of carbonyl (C=O) groups excluding carboxylic acids is 1. The highest BCUT2D eigenvalue weighted by Crippen LogP contribution is 2.31. The van der Waals surface area contributed by atoms with Crippen LogP contribution in [0.2, 0.25) is 0 Å². The minimum Gasteiger partial charge on any atom is -0.491 e. The lowest BCUT2D eigenvalue weighted by atomic mass is 10.1. The molecular formula is C26H25F3N4O2. The van der Waals surface area contributed by atoms with Crippen LogP contribution in [0.25, 0.3) is 28.0 Å². The van der Waals surface area contributed by atoms with Gasteiger partial charge in [-0.05, 0) is 56.2 Å². The summed E-state index contributed by atoms with van der Waals surface area (Å²) in [5, 5.41) is 4.26. The molecule has 0 aliphatic heterocycles. The second-order valence-corrected chi connectivity index (χ2v) is 8.49. The number of rotatable bonds is 6. The van der Waals surface area contributed by atoms with Crippen molar-refractivity contribution in [2.45, 2.75) is 33.1 Å². The van der Waals surface area contributed by atoms with E-state index in [0.29, 0.717) is 17.0 Å². The molecule has 0 saturated heterocycles. The van der Waals surface area contributed by atoms with Crippen molar-refractivity contribution >= 4 is 17.4 Å². The average Bonchev–Trinajstić information content (AvgIpc) is 3.20. The number of nitrogens with one attached hydrogen (secondary N) is 2. The van der Waals surface area contributed by atoms with Gasteiger partial charge >= 0.3 is 12.2 Å². The van der Waals surface area contributed by atoms with Gasteiger partial charge in [-0.15, -0.1) is 0 Å². The molecule has 0 radical (unpaired) electrons. The Kier molecular flexibility index (Phi) is 6.68. The van der Waals surface area contributed by atoms with E-state index in [2.05, 4.69) is 34.6 Å². The number of benzene rings is 2. The number of hydrogen-bond acceptors (Lipinski definition) is 3. The Hall–Kier alpha value is -4.01. The van der Waals surface area contributed by atoms with E-state index in [1.807, 2.05) is 43.5 Å². The van der Waals surface area contributed by atoms with E-state index < -0.39 is 18.8 Å². The van der Waals surface area contributed by atoms with Gasteiger partial charge in [0.15, 0.2) is 0 Å². The highest BCUT2D eigenvalue weighted by molar-refractivity contribution is 5.90. The van der Waals surface area contributed by atoms with Crippen LogP contribution in [-0.4, -0.2) is 34.2 Å². The number of aromatic nitrogens is 2. The van der Waals surface area contributed by atoms with E-state index in [4.69, 9.17) is 4.74 Å². The zero-order valence-electron chi connectivity index (χ0n) is 19.5. The number of alkyl halides is 3. The third kappa shape index (κ3) is 6.11. The first-order valence-electron chi connectivity index (χ1n) is 11.1. The van der Waals surface area contributed by atoms with Crippen molar-refractivity contribution in [1.82, 2.24) is 14.7 Å². The van der Waals surface area contributed by atoms with Crippen LogP contribution in [0.1, 0.15) is 19.4 Å². The molecule has 9 heteroatoms. The second kappa shape index (κ2) is 9.69. The number of nitrogens with zero attached hydrogens (tertiary/aromatic N) is 2. The number of anilines is 1. The number of pyridine rings is 1. The predicted octanol–water partition coefficient (Wildman–Crippen LogP) is 6.45. The summed E-state index contributed by atoms with van der Waals surface area (Å²) in [4.78, 5) is 16.5. The number of aryl methyl sites for hydroxylation is 1. The van der Waals surface area contributed by atoms with Crippen molar-refractivity contribution in [1.29, 1.82) is 0 Å². The zero-order chi connectivity index (χ0) is 25.2. The number of carbonyl (C=O) groups is 1. The first-order chi connectivity index (χ1) is 16.6. The Morgan fingerprint density at radius 1 is 1.03 bits per heavy atom. The first-order valence-corrected chi connectivity index (χ1v) is 11.1. The van der Waals surface area contributed by atoms with E-state index in [1.165, 1.54) is 5.56 Å². The minimum absolute atomic E-state index is 0.142. The maximum absolute atomic E-state index is 12.4. The fourth-order valence-electron chi connectivity index (χ4n) is 3.63. The number of hydrogen-bond donors (Lipinski definition) is 2. The summed E-state index contributed by atoms with van der Waals surface area (Å²) in [6.45, 7) is 4.33. The molecule has 0 atom stereocenters. The number of halogens is 3. The molecule has 0 saturated carbocycles. The van der Waals surface area contributed by atoms with E-state index in [0.717, 1.165) is 22.5 Å². The standard InChI is InChI=1S/C26H25F3N4O2/c1-16(2)35-22-11-20(10-21(13-22)32-25(34)31-15-26(27,28)29)23-14-30-24-12-19(8-9-33(23)24)18-6-4-17(3)5-7-18/h4-14,16H,15H2,1-3H3,(H2,31,32,34). The molecule has 0 aliphatic carbocycles. The largest absolute Gasteiger partial charge is 0.491 e. The maximum Gasteiger partial charge on any atom is 0.405 e. The molecule has 4 aromatic rings. The molecule has 0 spiro atoms. The molecule has 4 rings (SSSR count). The zero-order valence-corrected chi connectivity index (χ0v) is 19.5. The lowest BCUT2D eigenvalue weighted by Gasteiger charge is -2.15. The lowest BCUT2D eigenvalue weighted by Crippen LogP contribution is -2.36. The molecule has 2 heterocycles. The van der Waals surface area contributed by atoms with Gasteiger partial charge in [0.2, 0.25) is 0 Å². The molecule has 2 aromatic heterocycles. The quantitative estimate of drug-likeness (QED) is 0.332. The van der Waals surface area contributed by atoms with Gasteiger partial charge < -0.3 is 15.4 Å². The van der Waals surface area contributed by atoms with Crippen LogP contribution in [0.15, 0.2) is 67.0 Å². The summed E-state index contributed by atoms with van der Waals surface area (Å²) in [6.07, 6.45) is -1.03. The van der Waals surface area contributed by atoms with Crippen LogP contribution in [0.5, 0.6) is 5.75 Å². The molecule has 2 aromatic carbocycles. The monoisotopic (exact) mass is 482 g/mol. The number of imidazole rings is 1. The molecule has 0 unspecified atom stereocenters. The minimum atomic E-state index is -4.50. The molecule has 182 valence electrons. The van der Waals surface area contributed by atoms with Gasteiger partial charge in [-0.1, -0.05) is 29.8 Å². The molecule has 2 amide bonds. The van der Waals surface area contributed by atoms with Gasteiger partial charge in [0.25, 0.3) is 0 Å². The smallest absolute Gasteiger partial charge is 0.405 e. The Balaban J connectivity index is 1.67. The third-order valence-electron chi connectivity index (χ3n) is 5.18. The Morgan fingerprint density at radius 2 is 1.77 bits per heavy atom. The fourth-order valence-corrected chi connectivity index (χ4v) is 3.63. The molecule has 2 N–H and O–H groups in total. The van der Waals surface area contributed by atoms with Gasteiger partial charge in [-0.2, -0.15) is 13.2 Å². The topological polar surface area (TPSA) is 67.7 Å². The van der Waals surface area contributed by atoms with Gasteiger partial charge in [0, 0.05) is 23.5 Å². The highest BCUT2D eigenvalue weighted by atomic mass is 19.4.